The number of benzene rings is 1. The van der Waals surface area contributed by atoms with Gasteiger partial charge in [-0.05, 0) is 49.4 Å². The van der Waals surface area contributed by atoms with Crippen molar-refractivity contribution < 1.29 is 9.59 Å². The van der Waals surface area contributed by atoms with Crippen molar-refractivity contribution in [2.45, 2.75) is 39.7 Å². The van der Waals surface area contributed by atoms with Crippen molar-refractivity contribution in [3.8, 4) is 6.07 Å². The minimum absolute atomic E-state index is 0.230. The second-order valence-corrected chi connectivity index (χ2v) is 7.09. The van der Waals surface area contributed by atoms with E-state index in [1.807, 2.05) is 24.5 Å². The molecule has 0 unspecified atom stereocenters. The van der Waals surface area contributed by atoms with Crippen molar-refractivity contribution in [1.82, 2.24) is 14.9 Å². The normalized spacial score (nSPS) is 13.0. The Kier molecular flexibility index (Phi) is 5.55. The van der Waals surface area contributed by atoms with Crippen LogP contribution in [-0.2, 0) is 13.0 Å². The van der Waals surface area contributed by atoms with Gasteiger partial charge in [-0.1, -0.05) is 13.8 Å². The standard InChI is InChI=1S/C20H23N5O2/c1-13(2)12-22-19(26)17-16-5-3-4-10-25(16)18(24-17)20(27)23-15-8-6-14(11-21)7-9-15/h6-9,13H,3-5,10,12H2,1-2H3,(H,22,26)(H,23,27). The first kappa shape index (κ1) is 18.6. The zero-order valence-corrected chi connectivity index (χ0v) is 15.6. The average molecular weight is 365 g/mol. The lowest BCUT2D eigenvalue weighted by atomic mass is 10.1. The molecule has 3 rings (SSSR count). The van der Waals surface area contributed by atoms with Gasteiger partial charge in [-0.2, -0.15) is 5.26 Å². The maximum atomic E-state index is 12.8. The second-order valence-electron chi connectivity index (χ2n) is 7.09. The molecule has 0 bridgehead atoms. The lowest BCUT2D eigenvalue weighted by Gasteiger charge is -2.17. The highest BCUT2D eigenvalue weighted by atomic mass is 16.2. The van der Waals surface area contributed by atoms with Crippen molar-refractivity contribution in [3.63, 3.8) is 0 Å². The van der Waals surface area contributed by atoms with Crippen molar-refractivity contribution in [1.29, 1.82) is 5.26 Å². The van der Waals surface area contributed by atoms with E-state index in [9.17, 15) is 9.59 Å². The Balaban J connectivity index is 1.84. The van der Waals surface area contributed by atoms with Crippen LogP contribution in [0.3, 0.4) is 0 Å². The number of rotatable bonds is 5. The molecule has 0 atom stereocenters. The number of hydrogen-bond acceptors (Lipinski definition) is 4. The zero-order chi connectivity index (χ0) is 19.4. The first-order valence-corrected chi connectivity index (χ1v) is 9.18. The van der Waals surface area contributed by atoms with Crippen LogP contribution in [0.1, 0.15) is 59.1 Å². The van der Waals surface area contributed by atoms with Crippen molar-refractivity contribution in [3.05, 3.63) is 47.0 Å². The van der Waals surface area contributed by atoms with Crippen LogP contribution in [-0.4, -0.2) is 27.9 Å². The molecule has 140 valence electrons. The lowest BCUT2D eigenvalue weighted by Crippen LogP contribution is -2.29. The van der Waals surface area contributed by atoms with Crippen molar-refractivity contribution in [2.75, 3.05) is 11.9 Å². The fourth-order valence-electron chi connectivity index (χ4n) is 3.09. The average Bonchev–Trinajstić information content (AvgIpc) is 3.06. The highest BCUT2D eigenvalue weighted by Gasteiger charge is 2.27. The van der Waals surface area contributed by atoms with E-state index in [0.717, 1.165) is 25.0 Å². The number of anilines is 1. The summed E-state index contributed by atoms with van der Waals surface area (Å²) in [6, 6.07) is 8.67. The maximum absolute atomic E-state index is 12.8. The van der Waals surface area contributed by atoms with Gasteiger partial charge < -0.3 is 15.2 Å². The number of carbonyl (C=O) groups is 2. The van der Waals surface area contributed by atoms with Crippen LogP contribution in [0.4, 0.5) is 5.69 Å². The first-order chi connectivity index (χ1) is 13.0. The van der Waals surface area contributed by atoms with Crippen LogP contribution < -0.4 is 10.6 Å². The highest BCUT2D eigenvalue weighted by molar-refractivity contribution is 6.03. The number of amides is 2. The van der Waals surface area contributed by atoms with E-state index in [1.54, 1.807) is 24.3 Å². The molecule has 0 spiro atoms. The third kappa shape index (κ3) is 4.17. The van der Waals surface area contributed by atoms with Gasteiger partial charge in [0.15, 0.2) is 5.82 Å². The molecule has 0 fully saturated rings. The Morgan fingerprint density at radius 2 is 1.96 bits per heavy atom. The van der Waals surface area contributed by atoms with Gasteiger partial charge in [0.1, 0.15) is 5.69 Å². The largest absolute Gasteiger partial charge is 0.350 e. The molecule has 1 aromatic heterocycles. The molecule has 2 aromatic rings. The SMILES string of the molecule is CC(C)CNC(=O)c1nc(C(=O)Nc2ccc(C#N)cc2)n2c1CCCC2. The van der Waals surface area contributed by atoms with Gasteiger partial charge in [-0.3, -0.25) is 9.59 Å². The first-order valence-electron chi connectivity index (χ1n) is 9.18. The second kappa shape index (κ2) is 8.04. The number of aromatic nitrogens is 2. The Bertz CT molecular complexity index is 890. The summed E-state index contributed by atoms with van der Waals surface area (Å²) in [6.07, 6.45) is 2.67. The molecule has 0 radical (unpaired) electrons. The minimum atomic E-state index is -0.356. The summed E-state index contributed by atoms with van der Waals surface area (Å²) < 4.78 is 1.85. The molecule has 1 aliphatic heterocycles. The summed E-state index contributed by atoms with van der Waals surface area (Å²) in [5.41, 5.74) is 2.28. The van der Waals surface area contributed by atoms with Gasteiger partial charge in [0.25, 0.3) is 11.8 Å². The quantitative estimate of drug-likeness (QED) is 0.851. The third-order valence-electron chi connectivity index (χ3n) is 4.48. The topological polar surface area (TPSA) is 99.8 Å². The Hall–Kier alpha value is -3.14. The summed E-state index contributed by atoms with van der Waals surface area (Å²) in [4.78, 5) is 29.7. The third-order valence-corrected chi connectivity index (χ3v) is 4.48. The number of carbonyl (C=O) groups excluding carboxylic acids is 2. The molecule has 0 saturated carbocycles. The molecular formula is C20H23N5O2. The van der Waals surface area contributed by atoms with Crippen molar-refractivity contribution in [2.24, 2.45) is 5.92 Å². The zero-order valence-electron chi connectivity index (χ0n) is 15.6. The van der Waals surface area contributed by atoms with Gasteiger partial charge in [-0.15, -0.1) is 0 Å². The van der Waals surface area contributed by atoms with Gasteiger partial charge in [-0.25, -0.2) is 4.98 Å². The van der Waals surface area contributed by atoms with Gasteiger partial charge >= 0.3 is 0 Å². The number of nitrogens with one attached hydrogen (secondary N) is 2. The summed E-state index contributed by atoms with van der Waals surface area (Å²) in [5.74, 6) is 0.00726. The number of fused-ring (bicyclic) bond motifs is 1. The smallest absolute Gasteiger partial charge is 0.291 e. The predicted octanol–water partition coefficient (Wildman–Crippen LogP) is 2.73. The minimum Gasteiger partial charge on any atom is -0.350 e. The van der Waals surface area contributed by atoms with Gasteiger partial charge in [0.05, 0.1) is 17.3 Å². The fraction of sp³-hybridized carbons (Fsp3) is 0.400. The Morgan fingerprint density at radius 1 is 1.22 bits per heavy atom. The molecular weight excluding hydrogens is 342 g/mol. The van der Waals surface area contributed by atoms with Crippen LogP contribution in [0.25, 0.3) is 0 Å². The van der Waals surface area contributed by atoms with Crippen LogP contribution in [0, 0.1) is 17.2 Å². The van der Waals surface area contributed by atoms with Crippen LogP contribution >= 0.6 is 0 Å². The predicted molar refractivity (Wildman–Crippen MR) is 101 cm³/mol. The molecule has 0 saturated heterocycles. The van der Waals surface area contributed by atoms with Crippen LogP contribution in [0.5, 0.6) is 0 Å². The van der Waals surface area contributed by atoms with E-state index in [-0.39, 0.29) is 17.6 Å². The molecule has 1 aromatic carbocycles. The molecule has 0 aliphatic carbocycles. The molecule has 27 heavy (non-hydrogen) atoms. The molecule has 1 aliphatic rings. The van der Waals surface area contributed by atoms with Crippen LogP contribution in [0.2, 0.25) is 0 Å². The number of nitriles is 1. The van der Waals surface area contributed by atoms with E-state index in [2.05, 4.69) is 15.6 Å². The lowest BCUT2D eigenvalue weighted by molar-refractivity contribution is 0.0943. The van der Waals surface area contributed by atoms with Crippen molar-refractivity contribution >= 4 is 17.5 Å². The molecule has 7 nitrogen and oxygen atoms in total. The van der Waals surface area contributed by atoms with Crippen LogP contribution in [0.15, 0.2) is 24.3 Å². The monoisotopic (exact) mass is 365 g/mol. The molecule has 2 heterocycles. The molecule has 7 heteroatoms. The summed E-state index contributed by atoms with van der Waals surface area (Å²) >= 11 is 0. The highest BCUT2D eigenvalue weighted by Crippen LogP contribution is 2.22. The van der Waals surface area contributed by atoms with E-state index in [1.165, 1.54) is 0 Å². The fourth-order valence-corrected chi connectivity index (χ4v) is 3.09. The molecule has 2 amide bonds. The van der Waals surface area contributed by atoms with E-state index >= 15 is 0 Å². The summed E-state index contributed by atoms with van der Waals surface area (Å²) in [7, 11) is 0. The van der Waals surface area contributed by atoms with E-state index in [0.29, 0.717) is 36.0 Å². The van der Waals surface area contributed by atoms with E-state index in [4.69, 9.17) is 5.26 Å². The summed E-state index contributed by atoms with van der Waals surface area (Å²) in [6.45, 7) is 5.30. The number of imidazole rings is 1. The number of nitrogens with zero attached hydrogens (tertiary/aromatic N) is 3. The van der Waals surface area contributed by atoms with Gasteiger partial charge in [0.2, 0.25) is 0 Å². The number of hydrogen-bond donors (Lipinski definition) is 2. The van der Waals surface area contributed by atoms with Gasteiger partial charge in [0, 0.05) is 18.8 Å². The molecule has 2 N–H and O–H groups in total. The summed E-state index contributed by atoms with van der Waals surface area (Å²) in [5, 5.41) is 14.5. The maximum Gasteiger partial charge on any atom is 0.291 e. The Morgan fingerprint density at radius 3 is 2.63 bits per heavy atom. The van der Waals surface area contributed by atoms with E-state index < -0.39 is 0 Å². The Labute approximate surface area is 158 Å².